The van der Waals surface area contributed by atoms with E-state index in [-0.39, 0.29) is 18.9 Å². The molecule has 0 atom stereocenters. The minimum Gasteiger partial charge on any atom is -0.496 e. The Labute approximate surface area is 149 Å². The zero-order valence-electron chi connectivity index (χ0n) is 15.2. The van der Waals surface area contributed by atoms with Gasteiger partial charge in [0.1, 0.15) is 11.5 Å². The predicted molar refractivity (Wildman–Crippen MR) is 96.2 cm³/mol. The van der Waals surface area contributed by atoms with Gasteiger partial charge in [-0.3, -0.25) is 9.59 Å². The number of unbranched alkanes of at least 4 members (excludes halogenated alkanes) is 4. The van der Waals surface area contributed by atoms with Gasteiger partial charge in [-0.1, -0.05) is 38.7 Å². The van der Waals surface area contributed by atoms with Crippen molar-refractivity contribution in [3.05, 3.63) is 23.8 Å². The van der Waals surface area contributed by atoms with E-state index in [4.69, 9.17) is 14.6 Å². The molecule has 0 aliphatic heterocycles. The van der Waals surface area contributed by atoms with E-state index in [1.807, 2.05) is 0 Å². The lowest BCUT2D eigenvalue weighted by molar-refractivity contribution is -0.137. The fourth-order valence-corrected chi connectivity index (χ4v) is 2.42. The molecule has 1 aromatic rings. The van der Waals surface area contributed by atoms with Gasteiger partial charge in [-0.15, -0.1) is 0 Å². The summed E-state index contributed by atoms with van der Waals surface area (Å²) in [6, 6.07) is 5.16. The summed E-state index contributed by atoms with van der Waals surface area (Å²) in [5.74, 6) is 0.0854. The number of carbonyl (C=O) groups excluding carboxylic acids is 1. The number of amides is 1. The average molecular weight is 351 g/mol. The highest BCUT2D eigenvalue weighted by atomic mass is 16.5. The van der Waals surface area contributed by atoms with E-state index in [2.05, 4.69) is 12.2 Å². The molecule has 1 aromatic carbocycles. The number of hydrogen-bond acceptors (Lipinski definition) is 4. The minimum atomic E-state index is -0.853. The van der Waals surface area contributed by atoms with Crippen molar-refractivity contribution in [1.82, 2.24) is 5.32 Å². The van der Waals surface area contributed by atoms with Gasteiger partial charge in [0.2, 0.25) is 0 Å². The zero-order valence-corrected chi connectivity index (χ0v) is 15.2. The Morgan fingerprint density at radius 3 is 2.60 bits per heavy atom. The Morgan fingerprint density at radius 1 is 1.16 bits per heavy atom. The van der Waals surface area contributed by atoms with Crippen molar-refractivity contribution in [2.24, 2.45) is 0 Å². The second kappa shape index (κ2) is 12.2. The van der Waals surface area contributed by atoms with Crippen LogP contribution in [-0.2, 0) is 16.0 Å². The molecule has 0 unspecified atom stereocenters. The van der Waals surface area contributed by atoms with Crippen LogP contribution < -0.4 is 14.8 Å². The number of hydrogen-bond donors (Lipinski definition) is 2. The molecule has 0 aromatic heterocycles. The molecule has 2 N–H and O–H groups in total. The van der Waals surface area contributed by atoms with Crippen LogP contribution in [0, 0.1) is 0 Å². The summed E-state index contributed by atoms with van der Waals surface area (Å²) < 4.78 is 10.7. The van der Waals surface area contributed by atoms with Crippen molar-refractivity contribution < 1.29 is 24.2 Å². The first-order chi connectivity index (χ1) is 12.1. The lowest BCUT2D eigenvalue weighted by Crippen LogP contribution is -2.29. The molecule has 0 aliphatic rings. The fraction of sp³-hybridized carbons (Fsp3) is 0.579. The maximum absolute atomic E-state index is 11.8. The number of benzene rings is 1. The third kappa shape index (κ3) is 8.98. The quantitative estimate of drug-likeness (QED) is 0.533. The van der Waals surface area contributed by atoms with Crippen LogP contribution >= 0.6 is 0 Å². The summed E-state index contributed by atoms with van der Waals surface area (Å²) in [5, 5.41) is 11.6. The van der Waals surface area contributed by atoms with Crippen molar-refractivity contribution in [2.75, 3.05) is 20.3 Å². The highest BCUT2D eigenvalue weighted by Crippen LogP contribution is 2.25. The molecular formula is C19H29NO5. The lowest BCUT2D eigenvalue weighted by atomic mass is 10.1. The third-order valence-corrected chi connectivity index (χ3v) is 3.84. The summed E-state index contributed by atoms with van der Waals surface area (Å²) in [7, 11) is 1.52. The number of aliphatic carboxylic acids is 1. The van der Waals surface area contributed by atoms with Crippen molar-refractivity contribution in [2.45, 2.75) is 51.9 Å². The number of carboxylic acids is 1. The normalized spacial score (nSPS) is 10.3. The standard InChI is InChI=1S/C19H29NO5/c1-3-4-5-6-7-12-20-18(21)14-25-16-10-8-15(9-11-19(22)23)17(13-16)24-2/h8,10,13H,3-7,9,11-12,14H2,1-2H3,(H,20,21)(H,22,23). The van der Waals surface area contributed by atoms with Crippen LogP contribution in [0.4, 0.5) is 0 Å². The monoisotopic (exact) mass is 351 g/mol. The summed E-state index contributed by atoms with van der Waals surface area (Å²) in [4.78, 5) is 22.4. The minimum absolute atomic E-state index is 0.0389. The Kier molecular flexibility index (Phi) is 10.1. The van der Waals surface area contributed by atoms with E-state index in [9.17, 15) is 9.59 Å². The molecule has 0 spiro atoms. The molecule has 0 radical (unpaired) electrons. The number of carboxylic acid groups (broad SMARTS) is 1. The summed E-state index contributed by atoms with van der Waals surface area (Å²) in [6.07, 6.45) is 6.19. The van der Waals surface area contributed by atoms with Gasteiger partial charge < -0.3 is 19.9 Å². The smallest absolute Gasteiger partial charge is 0.303 e. The molecule has 1 rings (SSSR count). The first kappa shape index (κ1) is 20.8. The molecule has 140 valence electrons. The number of nitrogens with one attached hydrogen (secondary N) is 1. The number of methoxy groups -OCH3 is 1. The summed E-state index contributed by atoms with van der Waals surface area (Å²) >= 11 is 0. The van der Waals surface area contributed by atoms with Crippen molar-refractivity contribution in [3.8, 4) is 11.5 Å². The van der Waals surface area contributed by atoms with E-state index >= 15 is 0 Å². The highest BCUT2D eigenvalue weighted by molar-refractivity contribution is 5.77. The van der Waals surface area contributed by atoms with Crippen LogP contribution in [0.5, 0.6) is 11.5 Å². The Hall–Kier alpha value is -2.24. The van der Waals surface area contributed by atoms with Gasteiger partial charge in [0, 0.05) is 19.0 Å². The first-order valence-electron chi connectivity index (χ1n) is 8.85. The van der Waals surface area contributed by atoms with Gasteiger partial charge in [0.05, 0.1) is 7.11 Å². The molecule has 0 heterocycles. The van der Waals surface area contributed by atoms with Crippen molar-refractivity contribution in [1.29, 1.82) is 0 Å². The number of carbonyl (C=O) groups is 2. The average Bonchev–Trinajstić information content (AvgIpc) is 2.61. The molecule has 0 fully saturated rings. The van der Waals surface area contributed by atoms with Gasteiger partial charge in [-0.2, -0.15) is 0 Å². The van der Waals surface area contributed by atoms with Gasteiger partial charge in [0.15, 0.2) is 6.61 Å². The molecule has 0 aliphatic carbocycles. The van der Waals surface area contributed by atoms with E-state index in [1.165, 1.54) is 26.4 Å². The first-order valence-corrected chi connectivity index (χ1v) is 8.85. The van der Waals surface area contributed by atoms with E-state index in [0.717, 1.165) is 18.4 Å². The molecule has 0 bridgehead atoms. The van der Waals surface area contributed by atoms with Gasteiger partial charge in [-0.25, -0.2) is 0 Å². The zero-order chi connectivity index (χ0) is 18.5. The summed E-state index contributed by atoms with van der Waals surface area (Å²) in [6.45, 7) is 2.79. The third-order valence-electron chi connectivity index (χ3n) is 3.84. The van der Waals surface area contributed by atoms with Gasteiger partial charge >= 0.3 is 5.97 Å². The lowest BCUT2D eigenvalue weighted by Gasteiger charge is -2.11. The largest absolute Gasteiger partial charge is 0.496 e. The molecule has 0 saturated heterocycles. The van der Waals surface area contributed by atoms with Gasteiger partial charge in [-0.05, 0) is 24.5 Å². The Morgan fingerprint density at radius 2 is 1.92 bits per heavy atom. The maximum Gasteiger partial charge on any atom is 0.303 e. The van der Waals surface area contributed by atoms with E-state index in [1.54, 1.807) is 18.2 Å². The SMILES string of the molecule is CCCCCCCNC(=O)COc1ccc(CCC(=O)O)c(OC)c1. The maximum atomic E-state index is 11.8. The molecule has 6 nitrogen and oxygen atoms in total. The van der Waals surface area contributed by atoms with Crippen LogP contribution in [0.25, 0.3) is 0 Å². The second-order valence-electron chi connectivity index (χ2n) is 5.92. The molecule has 0 saturated carbocycles. The van der Waals surface area contributed by atoms with E-state index in [0.29, 0.717) is 24.5 Å². The predicted octanol–water partition coefficient (Wildman–Crippen LogP) is 3.18. The van der Waals surface area contributed by atoms with Crippen LogP contribution in [0.15, 0.2) is 18.2 Å². The topological polar surface area (TPSA) is 84.9 Å². The summed E-state index contributed by atoms with van der Waals surface area (Å²) in [5.41, 5.74) is 0.800. The van der Waals surface area contributed by atoms with E-state index < -0.39 is 5.97 Å². The van der Waals surface area contributed by atoms with Crippen molar-refractivity contribution in [3.63, 3.8) is 0 Å². The number of aryl methyl sites for hydroxylation is 1. The molecular weight excluding hydrogens is 322 g/mol. The Bertz CT molecular complexity index is 545. The van der Waals surface area contributed by atoms with Crippen molar-refractivity contribution >= 4 is 11.9 Å². The fourth-order valence-electron chi connectivity index (χ4n) is 2.42. The van der Waals surface area contributed by atoms with Crippen LogP contribution in [0.2, 0.25) is 0 Å². The molecule has 6 heteroatoms. The molecule has 25 heavy (non-hydrogen) atoms. The number of ether oxygens (including phenoxy) is 2. The van der Waals surface area contributed by atoms with Crippen LogP contribution in [0.1, 0.15) is 51.0 Å². The van der Waals surface area contributed by atoms with Crippen LogP contribution in [0.3, 0.4) is 0 Å². The van der Waals surface area contributed by atoms with Crippen LogP contribution in [-0.4, -0.2) is 37.2 Å². The molecule has 1 amide bonds. The second-order valence-corrected chi connectivity index (χ2v) is 5.92. The van der Waals surface area contributed by atoms with Gasteiger partial charge in [0.25, 0.3) is 5.91 Å². The highest BCUT2D eigenvalue weighted by Gasteiger charge is 2.09. The number of rotatable bonds is 13. The Balaban J connectivity index is 2.36.